The molecular formula is C42H44MgN4O6-2. The summed E-state index contributed by atoms with van der Waals surface area (Å²) in [5.41, 5.74) is 8.76. The average molecular weight is 725 g/mol. The average Bonchev–Trinajstić information content (AvgIpc) is 3.87. The molecule has 3 aliphatic rings. The summed E-state index contributed by atoms with van der Waals surface area (Å²) >= 11 is 0. The maximum Gasteiger partial charge on any atom is 2.00 e. The Morgan fingerprint density at radius 3 is 2.34 bits per heavy atom. The third-order valence-electron chi connectivity index (χ3n) is 10.6. The molecule has 0 radical (unpaired) electrons. The van der Waals surface area contributed by atoms with Gasteiger partial charge in [0.15, 0.2) is 5.78 Å². The number of allylic oxidation sites excluding steroid dienone is 3. The van der Waals surface area contributed by atoms with E-state index in [9.17, 15) is 19.2 Å². The number of rotatable bonds is 11. The minimum atomic E-state index is -1.26. The molecule has 8 bridgehead atoms. The Morgan fingerprint density at radius 2 is 1.68 bits per heavy atom. The maximum atomic E-state index is 14.2. The Balaban J connectivity index is 0.00000541. The largest absolute Gasteiger partial charge is 2.00 e. The van der Waals surface area contributed by atoms with E-state index in [2.05, 4.69) is 13.5 Å². The number of nitrogens with zero attached hydrogens (tertiary/aromatic N) is 4. The van der Waals surface area contributed by atoms with Crippen molar-refractivity contribution in [3.63, 3.8) is 0 Å². The second kappa shape index (κ2) is 16.2. The molecule has 10 nitrogen and oxygen atoms in total. The topological polar surface area (TPSA) is 143 Å². The van der Waals surface area contributed by atoms with E-state index in [0.29, 0.717) is 80.0 Å². The van der Waals surface area contributed by atoms with Crippen molar-refractivity contribution >= 4 is 76.9 Å². The van der Waals surface area contributed by atoms with Gasteiger partial charge in [0.05, 0.1) is 7.11 Å². The van der Waals surface area contributed by atoms with E-state index in [1.165, 1.54) is 12.7 Å². The van der Waals surface area contributed by atoms with Gasteiger partial charge in [-0.05, 0) is 63.5 Å². The first kappa shape index (κ1) is 39.6. The molecule has 1 saturated heterocycles. The van der Waals surface area contributed by atoms with Crippen LogP contribution in [0, 0.1) is 31.6 Å². The summed E-state index contributed by atoms with van der Waals surface area (Å²) in [7, 11) is 1.26. The number of carbonyl (C=O) groups is 4. The fourth-order valence-corrected chi connectivity index (χ4v) is 7.72. The number of fused-ring (bicyclic) bond motifs is 7. The molecule has 0 N–H and O–H groups in total. The number of hydrogen-bond donors (Lipinski definition) is 0. The monoisotopic (exact) mass is 724 g/mol. The van der Waals surface area contributed by atoms with Crippen LogP contribution in [-0.4, -0.2) is 60.8 Å². The van der Waals surface area contributed by atoms with Gasteiger partial charge in [0.1, 0.15) is 18.8 Å². The fraction of sp³-hybridized carbons (Fsp3) is 0.381. The number of aromatic nitrogens is 3. The molecule has 272 valence electrons. The van der Waals surface area contributed by atoms with E-state index >= 15 is 0 Å². The Kier molecular flexibility index (Phi) is 12.1. The second-order valence-corrected chi connectivity index (χ2v) is 13.7. The van der Waals surface area contributed by atoms with Crippen LogP contribution in [0.5, 0.6) is 0 Å². The molecule has 6 rings (SSSR count). The van der Waals surface area contributed by atoms with E-state index in [0.717, 1.165) is 35.8 Å². The van der Waals surface area contributed by atoms with Crippen molar-refractivity contribution in [2.75, 3.05) is 13.7 Å². The molecule has 11 heteroatoms. The van der Waals surface area contributed by atoms with Crippen LogP contribution in [0.2, 0.25) is 0 Å². The molecule has 0 spiro atoms. The van der Waals surface area contributed by atoms with Crippen LogP contribution in [0.3, 0.4) is 0 Å². The van der Waals surface area contributed by atoms with Gasteiger partial charge in [0, 0.05) is 17.5 Å². The molecule has 1 aliphatic carbocycles. The van der Waals surface area contributed by atoms with Gasteiger partial charge >= 0.3 is 35.0 Å². The number of methoxy groups -OCH3 is 1. The van der Waals surface area contributed by atoms with Gasteiger partial charge in [-0.2, -0.15) is 11.4 Å². The summed E-state index contributed by atoms with van der Waals surface area (Å²) in [5.74, 6) is -3.28. The fourth-order valence-electron chi connectivity index (χ4n) is 7.72. The SMILES string of the molecule is C=Cc1c2[n-]c(c1C)/C=C1/[N-]/C(=C3\c4[n-]c(c(C)c4C(=O)[C@@H]3C(=O)OC)/C=c3\[n-]/c(c(C=O)c3CC)=C\2)[C@@H](CCC(=O)OC/C=C(\C)CCC)[C@@H]1C.[Mg+2]. The van der Waals surface area contributed by atoms with Crippen molar-refractivity contribution in [2.45, 2.75) is 73.6 Å². The normalized spacial score (nSPS) is 22.4. The molecule has 3 aromatic heterocycles. The number of carbonyl (C=O) groups excluding carboxylic acids is 4. The van der Waals surface area contributed by atoms with Crippen molar-refractivity contribution in [3.05, 3.63) is 102 Å². The molecule has 0 unspecified atom stereocenters. The minimum Gasteiger partial charge on any atom is -0.664 e. The third-order valence-corrected chi connectivity index (χ3v) is 10.6. The Labute approximate surface area is 326 Å². The van der Waals surface area contributed by atoms with E-state index < -0.39 is 17.7 Å². The van der Waals surface area contributed by atoms with Crippen molar-refractivity contribution in [3.8, 4) is 0 Å². The first-order valence-corrected chi connectivity index (χ1v) is 17.9. The zero-order valence-corrected chi connectivity index (χ0v) is 33.0. The first-order valence-electron chi connectivity index (χ1n) is 17.9. The van der Waals surface area contributed by atoms with Crippen molar-refractivity contribution in [2.24, 2.45) is 17.8 Å². The van der Waals surface area contributed by atoms with Gasteiger partial charge in [0.2, 0.25) is 0 Å². The standard InChI is InChI=1S/C42H45N4O6.Mg/c1-9-12-21(4)15-16-52-35(48)14-13-27-23(6)30-17-29-22(5)25(10-2)32(43-29)19-34-28(20-47)26(11-3)33(44-34)18-31-24(7)36-40(46-31)37(39(27)45-30)38(41(36)49)42(50)51-8;/h10,15,17-20,23,27,38H,2,9,11-14,16H2,1,3-8H3,(H-,45,46,47,49);/q-3;+2/p-1/b21-15+,30-17+,34-19-;/t23-,27-,38+;/m0./s1. The van der Waals surface area contributed by atoms with Gasteiger partial charge in [0.25, 0.3) is 0 Å². The van der Waals surface area contributed by atoms with E-state index in [-0.39, 0.29) is 53.9 Å². The van der Waals surface area contributed by atoms with Crippen molar-refractivity contribution < 1.29 is 28.7 Å². The molecular weight excluding hydrogens is 681 g/mol. The van der Waals surface area contributed by atoms with Crippen LogP contribution in [0.15, 0.2) is 29.6 Å². The summed E-state index contributed by atoms with van der Waals surface area (Å²) in [6.07, 6.45) is 13.0. The molecule has 1 fully saturated rings. The van der Waals surface area contributed by atoms with Gasteiger partial charge in [-0.1, -0.05) is 85.9 Å². The molecule has 5 heterocycles. The summed E-state index contributed by atoms with van der Waals surface area (Å²) in [5, 5.41) is 6.19. The predicted molar refractivity (Wildman–Crippen MR) is 205 cm³/mol. The van der Waals surface area contributed by atoms with Crippen LogP contribution < -0.4 is 25.7 Å². The van der Waals surface area contributed by atoms with Crippen LogP contribution >= 0.6 is 0 Å². The quantitative estimate of drug-likeness (QED) is 0.0854. The van der Waals surface area contributed by atoms with E-state index in [1.54, 1.807) is 25.2 Å². The zero-order valence-electron chi connectivity index (χ0n) is 31.6. The second-order valence-electron chi connectivity index (χ2n) is 13.7. The number of hydrogen-bond acceptors (Lipinski definition) is 6. The number of ketones is 1. The Bertz CT molecular complexity index is 2230. The molecule has 2 aliphatic heterocycles. The Morgan fingerprint density at radius 1 is 0.962 bits per heavy atom. The Hall–Kier alpha value is -4.61. The summed E-state index contributed by atoms with van der Waals surface area (Å²) in [6, 6.07) is 0. The number of Topliss-reactive ketones (excluding diaryl/α,β-unsaturated/α-hetero) is 1. The van der Waals surface area contributed by atoms with Crippen LogP contribution in [0.4, 0.5) is 0 Å². The van der Waals surface area contributed by atoms with Gasteiger partial charge in [-0.25, -0.2) is 0 Å². The zero-order chi connectivity index (χ0) is 37.4. The van der Waals surface area contributed by atoms with Gasteiger partial charge in [-0.15, -0.1) is 33.5 Å². The molecule has 0 amide bonds. The summed E-state index contributed by atoms with van der Waals surface area (Å²) < 4.78 is 10.8. The molecule has 0 saturated carbocycles. The van der Waals surface area contributed by atoms with Gasteiger partial charge in [-0.3, -0.25) is 19.2 Å². The third kappa shape index (κ3) is 7.08. The summed E-state index contributed by atoms with van der Waals surface area (Å²) in [6.45, 7) is 16.1. The van der Waals surface area contributed by atoms with Gasteiger partial charge < -0.3 is 29.7 Å². The molecule has 3 atom stereocenters. The number of esters is 2. The minimum absolute atomic E-state index is 0. The summed E-state index contributed by atoms with van der Waals surface area (Å²) in [4.78, 5) is 67.9. The van der Waals surface area contributed by atoms with Crippen LogP contribution in [0.25, 0.3) is 35.2 Å². The first-order chi connectivity index (χ1) is 25.0. The van der Waals surface area contributed by atoms with Crippen molar-refractivity contribution in [1.82, 2.24) is 15.0 Å². The van der Waals surface area contributed by atoms with E-state index in [4.69, 9.17) is 29.7 Å². The molecule has 53 heavy (non-hydrogen) atoms. The van der Waals surface area contributed by atoms with Crippen LogP contribution in [0.1, 0.15) is 119 Å². The smallest absolute Gasteiger partial charge is 0.664 e. The number of aldehydes is 1. The van der Waals surface area contributed by atoms with Crippen LogP contribution in [-0.2, 0) is 25.5 Å². The van der Waals surface area contributed by atoms with E-state index in [1.807, 2.05) is 39.8 Å². The molecule has 0 aromatic carbocycles. The predicted octanol–water partition coefficient (Wildman–Crippen LogP) is 5.23. The number of ether oxygens (including phenoxy) is 2. The molecule has 3 aromatic rings. The maximum absolute atomic E-state index is 14.2. The van der Waals surface area contributed by atoms with Crippen molar-refractivity contribution in [1.29, 1.82) is 0 Å².